The molecule has 0 aromatic heterocycles. The molecule has 0 aromatic rings. The molecule has 1 radical (unpaired) electrons. The van der Waals surface area contributed by atoms with Crippen LogP contribution >= 0.6 is 0 Å². The summed E-state index contributed by atoms with van der Waals surface area (Å²) >= 11 is 0. The van der Waals surface area contributed by atoms with Crippen molar-refractivity contribution in [1.29, 1.82) is 0 Å². The van der Waals surface area contributed by atoms with Crippen molar-refractivity contribution < 1.29 is 32.7 Å². The summed E-state index contributed by atoms with van der Waals surface area (Å²) in [5.74, 6) is 0. The Morgan fingerprint density at radius 2 is 1.25 bits per heavy atom. The van der Waals surface area contributed by atoms with Crippen LogP contribution in [0.1, 0.15) is 0 Å². The van der Waals surface area contributed by atoms with Gasteiger partial charge in [-0.05, 0) is 14.1 Å². The van der Waals surface area contributed by atoms with Gasteiger partial charge < -0.3 is 5.32 Å². The van der Waals surface area contributed by atoms with Crippen molar-refractivity contribution in [2.24, 2.45) is 0 Å². The van der Waals surface area contributed by atoms with E-state index in [0.717, 1.165) is 0 Å². The molecule has 0 aliphatic carbocycles. The van der Waals surface area contributed by atoms with Gasteiger partial charge in [-0.15, -0.1) is 0 Å². The Morgan fingerprint density at radius 1 is 1.25 bits per heavy atom. The molecule has 0 amide bonds. The fourth-order valence-corrected chi connectivity index (χ4v) is 0. The summed E-state index contributed by atoms with van der Waals surface area (Å²) in [5, 5.41) is 2.75. The average molecular weight is 134 g/mol. The standard InChI is InChI=1S/C2H7N.Y/c1-3-2;/h3H,1-2H3;. The molecule has 0 spiro atoms. The molecule has 0 aromatic carbocycles. The fraction of sp³-hybridized carbons (Fsp3) is 1.00. The Labute approximate surface area is 52.0 Å². The molecule has 0 aliphatic rings. The van der Waals surface area contributed by atoms with Crippen molar-refractivity contribution in [3.8, 4) is 0 Å². The van der Waals surface area contributed by atoms with E-state index < -0.39 is 0 Å². The van der Waals surface area contributed by atoms with E-state index in [-0.39, 0.29) is 32.7 Å². The van der Waals surface area contributed by atoms with Crippen LogP contribution in [-0.4, -0.2) is 14.1 Å². The van der Waals surface area contributed by atoms with Gasteiger partial charge in [-0.2, -0.15) is 0 Å². The largest absolute Gasteiger partial charge is 0.323 e. The van der Waals surface area contributed by atoms with Crippen LogP contribution in [0.4, 0.5) is 0 Å². The summed E-state index contributed by atoms with van der Waals surface area (Å²) in [6, 6.07) is 0. The maximum Gasteiger partial charge on any atom is 0 e. The monoisotopic (exact) mass is 134 g/mol. The first-order valence-corrected chi connectivity index (χ1v) is 1.00. The van der Waals surface area contributed by atoms with Gasteiger partial charge in [0.1, 0.15) is 0 Å². The quantitative estimate of drug-likeness (QED) is 0.485. The molecular formula is C2H7NY. The normalized spacial score (nSPS) is 4.50. The van der Waals surface area contributed by atoms with Crippen LogP contribution in [-0.2, 0) is 32.7 Å². The third kappa shape index (κ3) is 11.5. The van der Waals surface area contributed by atoms with Gasteiger partial charge in [0, 0.05) is 32.7 Å². The molecule has 0 saturated carbocycles. The van der Waals surface area contributed by atoms with E-state index in [1.807, 2.05) is 14.1 Å². The summed E-state index contributed by atoms with van der Waals surface area (Å²) in [6.07, 6.45) is 0. The van der Waals surface area contributed by atoms with Crippen molar-refractivity contribution in [3.63, 3.8) is 0 Å². The van der Waals surface area contributed by atoms with Crippen LogP contribution in [0, 0.1) is 0 Å². The Kier molecular flexibility index (Phi) is 19.9. The van der Waals surface area contributed by atoms with E-state index in [1.54, 1.807) is 0 Å². The van der Waals surface area contributed by atoms with Gasteiger partial charge in [-0.1, -0.05) is 0 Å². The van der Waals surface area contributed by atoms with Crippen molar-refractivity contribution in [1.82, 2.24) is 5.32 Å². The minimum absolute atomic E-state index is 0. The molecule has 2 heteroatoms. The van der Waals surface area contributed by atoms with E-state index in [2.05, 4.69) is 5.32 Å². The van der Waals surface area contributed by atoms with Crippen LogP contribution < -0.4 is 5.32 Å². The van der Waals surface area contributed by atoms with Gasteiger partial charge in [0.25, 0.3) is 0 Å². The fourth-order valence-electron chi connectivity index (χ4n) is 0. The molecule has 0 rings (SSSR count). The summed E-state index contributed by atoms with van der Waals surface area (Å²) in [4.78, 5) is 0. The summed E-state index contributed by atoms with van der Waals surface area (Å²) in [6.45, 7) is 0. The zero-order valence-electron chi connectivity index (χ0n) is 3.08. The van der Waals surface area contributed by atoms with Crippen molar-refractivity contribution in [2.45, 2.75) is 0 Å². The third-order valence-corrected chi connectivity index (χ3v) is 0. The predicted molar refractivity (Wildman–Crippen MR) is 15.0 cm³/mol. The van der Waals surface area contributed by atoms with Gasteiger partial charge in [-0.3, -0.25) is 0 Å². The third-order valence-electron chi connectivity index (χ3n) is 0. The van der Waals surface area contributed by atoms with E-state index in [4.69, 9.17) is 0 Å². The van der Waals surface area contributed by atoms with Gasteiger partial charge in [0.05, 0.1) is 0 Å². The maximum absolute atomic E-state index is 2.75. The molecule has 0 bridgehead atoms. The van der Waals surface area contributed by atoms with Crippen molar-refractivity contribution in [3.05, 3.63) is 0 Å². The first-order valence-electron chi connectivity index (χ1n) is 1.00. The summed E-state index contributed by atoms with van der Waals surface area (Å²) < 4.78 is 0. The molecule has 23 valence electrons. The number of rotatable bonds is 0. The van der Waals surface area contributed by atoms with E-state index >= 15 is 0 Å². The topological polar surface area (TPSA) is 12.0 Å². The molecule has 0 saturated heterocycles. The van der Waals surface area contributed by atoms with Gasteiger partial charge in [0.2, 0.25) is 0 Å². The average Bonchev–Trinajstić information content (AvgIpc) is 0.918. The zero-order valence-corrected chi connectivity index (χ0v) is 5.92. The first-order chi connectivity index (χ1) is 1.41. The van der Waals surface area contributed by atoms with Crippen LogP contribution in [0.15, 0.2) is 0 Å². The van der Waals surface area contributed by atoms with Crippen LogP contribution in [0.3, 0.4) is 0 Å². The van der Waals surface area contributed by atoms with Crippen LogP contribution in [0.25, 0.3) is 0 Å². The second-order valence-corrected chi connectivity index (χ2v) is 0.500. The van der Waals surface area contributed by atoms with Crippen LogP contribution in [0.2, 0.25) is 0 Å². The van der Waals surface area contributed by atoms with Crippen molar-refractivity contribution >= 4 is 0 Å². The van der Waals surface area contributed by atoms with Crippen molar-refractivity contribution in [2.75, 3.05) is 14.1 Å². The number of nitrogens with one attached hydrogen (secondary N) is 1. The molecule has 0 unspecified atom stereocenters. The molecule has 0 atom stereocenters. The molecule has 0 heterocycles. The summed E-state index contributed by atoms with van der Waals surface area (Å²) in [5.41, 5.74) is 0. The van der Waals surface area contributed by atoms with Gasteiger partial charge in [0.15, 0.2) is 0 Å². The molecule has 4 heavy (non-hydrogen) atoms. The smallest absolute Gasteiger partial charge is 0 e. The Hall–Kier alpha value is 1.06. The number of hydrogen-bond donors (Lipinski definition) is 1. The van der Waals surface area contributed by atoms with E-state index in [1.165, 1.54) is 0 Å². The Bertz CT molecular complexity index is 6.00. The van der Waals surface area contributed by atoms with Gasteiger partial charge in [-0.25, -0.2) is 0 Å². The number of hydrogen-bond acceptors (Lipinski definition) is 1. The molecular weight excluding hydrogens is 127 g/mol. The van der Waals surface area contributed by atoms with E-state index in [0.29, 0.717) is 0 Å². The molecule has 0 aliphatic heterocycles. The second-order valence-electron chi connectivity index (χ2n) is 0.500. The Morgan fingerprint density at radius 3 is 1.25 bits per heavy atom. The van der Waals surface area contributed by atoms with E-state index in [9.17, 15) is 0 Å². The maximum atomic E-state index is 2.75. The molecule has 1 nitrogen and oxygen atoms in total. The van der Waals surface area contributed by atoms with Crippen LogP contribution in [0.5, 0.6) is 0 Å². The SMILES string of the molecule is CNC.[Y]. The summed E-state index contributed by atoms with van der Waals surface area (Å²) in [7, 11) is 3.75. The molecule has 1 N–H and O–H groups in total. The van der Waals surface area contributed by atoms with Gasteiger partial charge >= 0.3 is 0 Å². The minimum atomic E-state index is 0. The predicted octanol–water partition coefficient (Wildman–Crippen LogP) is -0.167. The minimum Gasteiger partial charge on any atom is -0.323 e. The first kappa shape index (κ1) is 8.91. The second kappa shape index (κ2) is 8.96. The molecule has 0 fully saturated rings. The zero-order chi connectivity index (χ0) is 2.71. The Balaban J connectivity index is 0.